The van der Waals surface area contributed by atoms with Gasteiger partial charge in [-0.1, -0.05) is 6.07 Å². The van der Waals surface area contributed by atoms with Crippen molar-refractivity contribution >= 4 is 28.6 Å². The van der Waals surface area contributed by atoms with Gasteiger partial charge in [0.25, 0.3) is 17.4 Å². The molecule has 22 heavy (non-hydrogen) atoms. The first kappa shape index (κ1) is 12.4. The van der Waals surface area contributed by atoms with E-state index in [0.29, 0.717) is 16.7 Å². The number of amides is 2. The number of pyridine rings is 1. The number of fused-ring (bicyclic) bond motifs is 2. The summed E-state index contributed by atoms with van der Waals surface area (Å²) in [6, 6.07) is 7.98. The third-order valence-corrected chi connectivity index (χ3v) is 3.67. The van der Waals surface area contributed by atoms with Crippen molar-refractivity contribution in [2.24, 2.45) is 0 Å². The molecule has 2 aromatic heterocycles. The lowest BCUT2D eigenvalue weighted by molar-refractivity contribution is 0.0880. The maximum Gasteiger partial charge on any atom is 0.262 e. The summed E-state index contributed by atoms with van der Waals surface area (Å²) in [7, 11) is 0. The Hall–Kier alpha value is -3.35. The second kappa shape index (κ2) is 4.08. The summed E-state index contributed by atoms with van der Waals surface area (Å²) in [6.45, 7) is 0. The molecule has 0 saturated heterocycles. The van der Waals surface area contributed by atoms with E-state index < -0.39 is 17.4 Å². The number of hydrogen-bond acceptors (Lipinski definition) is 5. The lowest BCUT2D eigenvalue weighted by Crippen LogP contribution is -2.24. The molecule has 3 aromatic rings. The third-order valence-electron chi connectivity index (χ3n) is 3.67. The van der Waals surface area contributed by atoms with Crippen molar-refractivity contribution in [1.29, 1.82) is 0 Å². The molecule has 3 N–H and O–H groups in total. The van der Waals surface area contributed by atoms with E-state index in [1.807, 2.05) is 0 Å². The number of nitrogens with two attached hydrogens (primary N) is 1. The highest BCUT2D eigenvalue weighted by molar-refractivity contribution is 6.23. The average molecular weight is 295 g/mol. The van der Waals surface area contributed by atoms with Crippen molar-refractivity contribution in [2.45, 2.75) is 0 Å². The van der Waals surface area contributed by atoms with E-state index >= 15 is 0 Å². The largest absolute Gasteiger partial charge is 0.464 e. The molecule has 1 aromatic carbocycles. The van der Waals surface area contributed by atoms with E-state index in [1.54, 1.807) is 24.3 Å². The number of carbonyl (C=O) groups excluding carboxylic acids is 2. The Kier molecular flexibility index (Phi) is 2.30. The number of furan rings is 1. The van der Waals surface area contributed by atoms with E-state index in [4.69, 9.17) is 10.2 Å². The van der Waals surface area contributed by atoms with Crippen LogP contribution in [-0.2, 0) is 0 Å². The van der Waals surface area contributed by atoms with Crippen LogP contribution in [0.3, 0.4) is 0 Å². The van der Waals surface area contributed by atoms with E-state index in [2.05, 4.69) is 5.32 Å². The molecule has 7 heteroatoms. The number of aromatic nitrogens is 1. The number of benzene rings is 1. The van der Waals surface area contributed by atoms with Gasteiger partial charge in [0.05, 0.1) is 23.1 Å². The fourth-order valence-corrected chi connectivity index (χ4v) is 2.70. The van der Waals surface area contributed by atoms with Gasteiger partial charge in [0.2, 0.25) is 0 Å². The first-order valence-electron chi connectivity index (χ1n) is 6.46. The topological polar surface area (TPSA) is 107 Å². The molecule has 0 aliphatic carbocycles. The first-order valence-corrected chi connectivity index (χ1v) is 6.46. The highest BCUT2D eigenvalue weighted by Crippen LogP contribution is 2.27. The number of imide groups is 1. The van der Waals surface area contributed by atoms with Gasteiger partial charge < -0.3 is 10.2 Å². The molecular formula is C15H9N3O4. The summed E-state index contributed by atoms with van der Waals surface area (Å²) >= 11 is 0. The minimum Gasteiger partial charge on any atom is -0.464 e. The van der Waals surface area contributed by atoms with Crippen LogP contribution >= 0.6 is 0 Å². The molecule has 2 amide bonds. The predicted octanol–water partition coefficient (Wildman–Crippen LogP) is 1.05. The van der Waals surface area contributed by atoms with Crippen LogP contribution in [0.25, 0.3) is 16.7 Å². The Morgan fingerprint density at radius 1 is 1.09 bits per heavy atom. The van der Waals surface area contributed by atoms with Crippen molar-refractivity contribution in [3.05, 3.63) is 58.1 Å². The Morgan fingerprint density at radius 3 is 2.73 bits per heavy atom. The van der Waals surface area contributed by atoms with Gasteiger partial charge in [-0.2, -0.15) is 0 Å². The van der Waals surface area contributed by atoms with Crippen LogP contribution < -0.4 is 16.6 Å². The normalized spacial score (nSPS) is 13.5. The average Bonchev–Trinajstić information content (AvgIpc) is 3.05. The molecule has 0 spiro atoms. The summed E-state index contributed by atoms with van der Waals surface area (Å²) in [4.78, 5) is 35.9. The zero-order valence-corrected chi connectivity index (χ0v) is 11.1. The molecule has 0 radical (unpaired) electrons. The number of hydrogen-bond donors (Lipinski definition) is 2. The van der Waals surface area contributed by atoms with Crippen LogP contribution in [0, 0.1) is 0 Å². The molecule has 1 aliphatic heterocycles. The van der Waals surface area contributed by atoms with Crippen molar-refractivity contribution in [2.75, 3.05) is 5.73 Å². The Labute approximate surface area is 122 Å². The molecule has 0 saturated carbocycles. The molecule has 3 heterocycles. The maximum absolute atomic E-state index is 12.4. The molecule has 0 atom stereocenters. The van der Waals surface area contributed by atoms with Gasteiger partial charge in [-0.25, -0.2) is 0 Å². The Balaban J connectivity index is 2.12. The first-order chi connectivity index (χ1) is 10.6. The molecule has 1 aliphatic rings. The van der Waals surface area contributed by atoms with E-state index in [1.165, 1.54) is 10.8 Å². The minimum absolute atomic E-state index is 0.00289. The van der Waals surface area contributed by atoms with Crippen molar-refractivity contribution in [1.82, 2.24) is 9.88 Å². The van der Waals surface area contributed by atoms with Crippen LogP contribution in [0.5, 0.6) is 0 Å². The van der Waals surface area contributed by atoms with E-state index in [9.17, 15) is 14.4 Å². The van der Waals surface area contributed by atoms with Gasteiger partial charge in [-0.3, -0.25) is 24.3 Å². The van der Waals surface area contributed by atoms with Crippen LogP contribution in [0.1, 0.15) is 20.7 Å². The highest BCUT2D eigenvalue weighted by atomic mass is 16.3. The van der Waals surface area contributed by atoms with Crippen molar-refractivity contribution < 1.29 is 14.0 Å². The summed E-state index contributed by atoms with van der Waals surface area (Å²) in [5.74, 6) is -1.29. The smallest absolute Gasteiger partial charge is 0.262 e. The van der Waals surface area contributed by atoms with Crippen molar-refractivity contribution in [3.8, 4) is 5.69 Å². The van der Waals surface area contributed by atoms with Gasteiger partial charge in [0.15, 0.2) is 0 Å². The molecular weight excluding hydrogens is 286 g/mol. The Morgan fingerprint density at radius 2 is 1.91 bits per heavy atom. The number of anilines is 1. The predicted molar refractivity (Wildman–Crippen MR) is 78.0 cm³/mol. The second-order valence-corrected chi connectivity index (χ2v) is 4.88. The van der Waals surface area contributed by atoms with E-state index in [-0.39, 0.29) is 16.9 Å². The van der Waals surface area contributed by atoms with Gasteiger partial charge in [0, 0.05) is 11.5 Å². The molecule has 0 fully saturated rings. The van der Waals surface area contributed by atoms with Crippen LogP contribution in [-0.4, -0.2) is 16.4 Å². The zero-order valence-electron chi connectivity index (χ0n) is 11.1. The summed E-state index contributed by atoms with van der Waals surface area (Å²) in [5, 5.41) is 2.81. The van der Waals surface area contributed by atoms with Gasteiger partial charge in [-0.15, -0.1) is 0 Å². The number of carbonyl (C=O) groups is 2. The van der Waals surface area contributed by atoms with Crippen molar-refractivity contribution in [3.63, 3.8) is 0 Å². The second-order valence-electron chi connectivity index (χ2n) is 4.88. The third kappa shape index (κ3) is 1.47. The Bertz CT molecular complexity index is 1030. The lowest BCUT2D eigenvalue weighted by atomic mass is 10.1. The molecule has 4 rings (SSSR count). The van der Waals surface area contributed by atoms with Crippen LogP contribution in [0.2, 0.25) is 0 Å². The minimum atomic E-state index is -0.613. The fourth-order valence-electron chi connectivity index (χ4n) is 2.70. The van der Waals surface area contributed by atoms with Gasteiger partial charge >= 0.3 is 0 Å². The number of nitrogens with one attached hydrogen (secondary N) is 1. The van der Waals surface area contributed by atoms with E-state index in [0.717, 1.165) is 6.07 Å². The number of nitrogen functional groups attached to an aromatic ring is 1. The summed E-state index contributed by atoms with van der Waals surface area (Å²) in [6.07, 6.45) is 1.50. The summed E-state index contributed by atoms with van der Waals surface area (Å²) in [5.41, 5.74) is 6.61. The summed E-state index contributed by atoms with van der Waals surface area (Å²) < 4.78 is 6.50. The SMILES string of the molecule is Nc1c2c(cc(=O)n1-c1cccc3occc13)C(=O)NC2=O. The van der Waals surface area contributed by atoms with Gasteiger partial charge in [0.1, 0.15) is 11.4 Å². The molecule has 0 bridgehead atoms. The number of nitrogens with zero attached hydrogens (tertiary/aromatic N) is 1. The monoisotopic (exact) mass is 295 g/mol. The van der Waals surface area contributed by atoms with Gasteiger partial charge in [-0.05, 0) is 18.2 Å². The molecule has 108 valence electrons. The fraction of sp³-hybridized carbons (Fsp3) is 0. The highest BCUT2D eigenvalue weighted by Gasteiger charge is 2.32. The standard InChI is InChI=1S/C15H9N3O4/c16-13-12-8(14(20)17-15(12)21)6-11(19)18(13)9-2-1-3-10-7(9)4-5-22-10/h1-6H,16H2,(H,17,20,21). The quantitative estimate of drug-likeness (QED) is 0.652. The number of rotatable bonds is 1. The zero-order chi connectivity index (χ0) is 15.4. The van der Waals surface area contributed by atoms with Crippen LogP contribution in [0.4, 0.5) is 5.82 Å². The molecule has 7 nitrogen and oxygen atoms in total. The maximum atomic E-state index is 12.4. The lowest BCUT2D eigenvalue weighted by Gasteiger charge is -2.12. The molecule has 0 unspecified atom stereocenters. The van der Waals surface area contributed by atoms with Crippen LogP contribution in [0.15, 0.2) is 45.8 Å².